The summed E-state index contributed by atoms with van der Waals surface area (Å²) in [6, 6.07) is 10.1. The molecule has 4 nitrogen and oxygen atoms in total. The molecule has 1 rings (SSSR count). The molecule has 0 bridgehead atoms. The second kappa shape index (κ2) is 6.85. The summed E-state index contributed by atoms with van der Waals surface area (Å²) in [6.45, 7) is 5.78. The van der Waals surface area contributed by atoms with Crippen LogP contribution in [-0.4, -0.2) is 19.0 Å². The predicted octanol–water partition coefficient (Wildman–Crippen LogP) is 1.74. The van der Waals surface area contributed by atoms with Crippen LogP contribution in [0, 0.1) is 0 Å². The zero-order chi connectivity index (χ0) is 11.8. The van der Waals surface area contributed by atoms with Crippen molar-refractivity contribution in [1.82, 2.24) is 5.43 Å². The number of benzene rings is 1. The van der Waals surface area contributed by atoms with Crippen LogP contribution in [0.15, 0.2) is 35.3 Å². The highest BCUT2D eigenvalue weighted by molar-refractivity contribution is 5.95. The molecule has 0 unspecified atom stereocenters. The van der Waals surface area contributed by atoms with Gasteiger partial charge in [-0.2, -0.15) is 0 Å². The zero-order valence-corrected chi connectivity index (χ0v) is 9.98. The number of nitrogens with two attached hydrogens (primary N) is 1. The highest BCUT2D eigenvalue weighted by Gasteiger charge is 2.09. The fourth-order valence-corrected chi connectivity index (χ4v) is 1.49. The molecule has 16 heavy (non-hydrogen) atoms. The maximum atomic E-state index is 5.50. The number of para-hydroxylation sites is 1. The molecule has 0 aliphatic rings. The van der Waals surface area contributed by atoms with Crippen molar-refractivity contribution in [2.45, 2.75) is 20.3 Å². The Morgan fingerprint density at radius 2 is 2.00 bits per heavy atom. The molecule has 0 heterocycles. The van der Waals surface area contributed by atoms with Gasteiger partial charge in [-0.25, -0.2) is 5.84 Å². The second-order valence-electron chi connectivity index (χ2n) is 3.43. The van der Waals surface area contributed by atoms with Crippen LogP contribution in [0.2, 0.25) is 0 Å². The van der Waals surface area contributed by atoms with E-state index in [1.807, 2.05) is 30.3 Å². The molecule has 1 aromatic rings. The maximum absolute atomic E-state index is 5.50. The smallest absolute Gasteiger partial charge is 0.212 e. The van der Waals surface area contributed by atoms with Gasteiger partial charge in [0.1, 0.15) is 0 Å². The molecule has 0 saturated heterocycles. The lowest BCUT2D eigenvalue weighted by molar-refractivity contribution is 0.872. The van der Waals surface area contributed by atoms with E-state index in [9.17, 15) is 0 Å². The number of nitrogens with one attached hydrogen (secondary N) is 1. The Kier molecular flexibility index (Phi) is 5.36. The van der Waals surface area contributed by atoms with Crippen molar-refractivity contribution in [1.29, 1.82) is 0 Å². The van der Waals surface area contributed by atoms with E-state index in [0.717, 1.165) is 31.2 Å². The van der Waals surface area contributed by atoms with Crippen LogP contribution in [0.4, 0.5) is 5.69 Å². The molecule has 0 fully saturated rings. The molecular weight excluding hydrogens is 200 g/mol. The first kappa shape index (κ1) is 12.5. The lowest BCUT2D eigenvalue weighted by Gasteiger charge is -2.24. The summed E-state index contributed by atoms with van der Waals surface area (Å²) in [5.74, 6) is 6.22. The molecule has 0 aromatic heterocycles. The zero-order valence-electron chi connectivity index (χ0n) is 9.98. The van der Waals surface area contributed by atoms with E-state index in [4.69, 9.17) is 5.84 Å². The van der Waals surface area contributed by atoms with Crippen LogP contribution in [0.1, 0.15) is 20.3 Å². The number of hydrogen-bond donors (Lipinski definition) is 2. The fraction of sp³-hybridized carbons (Fsp3) is 0.417. The summed E-state index contributed by atoms with van der Waals surface area (Å²) in [7, 11) is 0. The summed E-state index contributed by atoms with van der Waals surface area (Å²) in [4.78, 5) is 6.47. The van der Waals surface area contributed by atoms with Crippen molar-refractivity contribution in [3.8, 4) is 0 Å². The first-order valence-corrected chi connectivity index (χ1v) is 5.67. The van der Waals surface area contributed by atoms with Crippen molar-refractivity contribution in [3.05, 3.63) is 30.3 Å². The molecule has 0 aliphatic carbocycles. The van der Waals surface area contributed by atoms with Gasteiger partial charge in [0, 0.05) is 18.8 Å². The van der Waals surface area contributed by atoms with Gasteiger partial charge in [0.05, 0.1) is 0 Å². The van der Waals surface area contributed by atoms with Crippen LogP contribution in [0.25, 0.3) is 0 Å². The Bertz CT molecular complexity index is 321. The Morgan fingerprint density at radius 3 is 2.50 bits per heavy atom. The minimum Gasteiger partial charge on any atom is -0.312 e. The van der Waals surface area contributed by atoms with Crippen molar-refractivity contribution in [2.24, 2.45) is 10.8 Å². The monoisotopic (exact) mass is 220 g/mol. The first-order valence-electron chi connectivity index (χ1n) is 5.67. The van der Waals surface area contributed by atoms with E-state index in [2.05, 4.69) is 29.2 Å². The minimum atomic E-state index is 0.718. The van der Waals surface area contributed by atoms with E-state index in [-0.39, 0.29) is 0 Å². The third kappa shape index (κ3) is 3.24. The summed E-state index contributed by atoms with van der Waals surface area (Å²) < 4.78 is 0. The number of hydrogen-bond acceptors (Lipinski definition) is 2. The van der Waals surface area contributed by atoms with Crippen LogP contribution < -0.4 is 16.2 Å². The van der Waals surface area contributed by atoms with Crippen molar-refractivity contribution < 1.29 is 0 Å². The highest BCUT2D eigenvalue weighted by atomic mass is 15.4. The highest BCUT2D eigenvalue weighted by Crippen LogP contribution is 2.12. The predicted molar refractivity (Wildman–Crippen MR) is 69.4 cm³/mol. The molecule has 88 valence electrons. The maximum Gasteiger partial charge on any atom is 0.212 e. The fourth-order valence-electron chi connectivity index (χ4n) is 1.49. The van der Waals surface area contributed by atoms with Gasteiger partial charge in [-0.05, 0) is 25.5 Å². The van der Waals surface area contributed by atoms with E-state index in [1.165, 1.54) is 0 Å². The second-order valence-corrected chi connectivity index (χ2v) is 3.43. The third-order valence-corrected chi connectivity index (χ3v) is 2.25. The van der Waals surface area contributed by atoms with Gasteiger partial charge in [0.2, 0.25) is 5.96 Å². The van der Waals surface area contributed by atoms with Crippen molar-refractivity contribution in [2.75, 3.05) is 18.0 Å². The Morgan fingerprint density at radius 1 is 1.31 bits per heavy atom. The molecule has 0 saturated carbocycles. The molecule has 3 N–H and O–H groups in total. The first-order chi connectivity index (χ1) is 7.83. The molecular formula is C12H20N4. The van der Waals surface area contributed by atoms with Gasteiger partial charge in [-0.15, -0.1) is 0 Å². The summed E-state index contributed by atoms with van der Waals surface area (Å²) in [5.41, 5.74) is 3.76. The Balaban J connectivity index is 2.88. The van der Waals surface area contributed by atoms with Gasteiger partial charge in [0.25, 0.3) is 0 Å². The van der Waals surface area contributed by atoms with E-state index >= 15 is 0 Å². The van der Waals surface area contributed by atoms with Crippen molar-refractivity contribution >= 4 is 11.6 Å². The number of hydrazine groups is 1. The quantitative estimate of drug-likeness (QED) is 0.352. The van der Waals surface area contributed by atoms with Crippen LogP contribution in [0.5, 0.6) is 0 Å². The largest absolute Gasteiger partial charge is 0.312 e. The van der Waals surface area contributed by atoms with Gasteiger partial charge in [-0.3, -0.25) is 10.4 Å². The average molecular weight is 220 g/mol. The van der Waals surface area contributed by atoms with Gasteiger partial charge in [0.15, 0.2) is 0 Å². The van der Waals surface area contributed by atoms with Crippen molar-refractivity contribution in [3.63, 3.8) is 0 Å². The van der Waals surface area contributed by atoms with Gasteiger partial charge >= 0.3 is 0 Å². The van der Waals surface area contributed by atoms with E-state index in [1.54, 1.807) is 0 Å². The van der Waals surface area contributed by atoms with Crippen LogP contribution in [-0.2, 0) is 0 Å². The molecule has 0 amide bonds. The van der Waals surface area contributed by atoms with Crippen LogP contribution >= 0.6 is 0 Å². The molecule has 0 atom stereocenters. The number of anilines is 1. The summed E-state index contributed by atoms with van der Waals surface area (Å²) in [6.07, 6.45) is 1.01. The third-order valence-electron chi connectivity index (χ3n) is 2.25. The van der Waals surface area contributed by atoms with Gasteiger partial charge < -0.3 is 4.90 Å². The topological polar surface area (TPSA) is 53.6 Å². The molecule has 0 radical (unpaired) electrons. The normalized spacial score (nSPS) is 11.3. The SMILES string of the molecule is CCCN=C(NN)N(CC)c1ccccc1. The number of nitrogens with zero attached hydrogens (tertiary/aromatic N) is 2. The standard InChI is InChI=1S/C12H20N4/c1-3-10-14-12(15-13)16(4-2)11-8-6-5-7-9-11/h5-9H,3-4,10,13H2,1-2H3,(H,14,15). The number of aliphatic imine (C=N–C) groups is 1. The number of guanidine groups is 1. The average Bonchev–Trinajstić information content (AvgIpc) is 2.35. The molecule has 0 spiro atoms. The van der Waals surface area contributed by atoms with E-state index < -0.39 is 0 Å². The lowest BCUT2D eigenvalue weighted by Crippen LogP contribution is -2.45. The Labute approximate surface area is 97.1 Å². The van der Waals surface area contributed by atoms with E-state index in [0.29, 0.717) is 0 Å². The molecule has 0 aliphatic heterocycles. The molecule has 4 heteroatoms. The minimum absolute atomic E-state index is 0.718. The lowest BCUT2D eigenvalue weighted by atomic mass is 10.3. The summed E-state index contributed by atoms with van der Waals surface area (Å²) >= 11 is 0. The molecule has 1 aromatic carbocycles. The van der Waals surface area contributed by atoms with Crippen LogP contribution in [0.3, 0.4) is 0 Å². The Hall–Kier alpha value is -1.55. The number of rotatable bonds is 4. The van der Waals surface area contributed by atoms with Gasteiger partial charge in [-0.1, -0.05) is 25.1 Å². The summed E-state index contributed by atoms with van der Waals surface area (Å²) in [5, 5.41) is 0.